The molecular weight excluding hydrogens is 211 g/mol. The molecular formula is C10H11FN4O. The van der Waals surface area contributed by atoms with Gasteiger partial charge in [-0.3, -0.25) is 0 Å². The summed E-state index contributed by atoms with van der Waals surface area (Å²) in [6, 6.07) is 4.53. The van der Waals surface area contributed by atoms with Crippen LogP contribution >= 0.6 is 0 Å². The summed E-state index contributed by atoms with van der Waals surface area (Å²) in [4.78, 5) is 3.99. The van der Waals surface area contributed by atoms with Crippen molar-refractivity contribution in [3.05, 3.63) is 30.2 Å². The molecule has 1 aromatic heterocycles. The largest absolute Gasteiger partial charge is 0.494 e. The number of anilines is 1. The molecule has 0 radical (unpaired) electrons. The molecule has 4 N–H and O–H groups in total. The van der Waals surface area contributed by atoms with Gasteiger partial charge in [0.1, 0.15) is 0 Å². The van der Waals surface area contributed by atoms with Gasteiger partial charge in [0.15, 0.2) is 11.6 Å². The molecule has 0 atom stereocenters. The van der Waals surface area contributed by atoms with Gasteiger partial charge in [0, 0.05) is 5.56 Å². The van der Waals surface area contributed by atoms with Crippen LogP contribution in [0.5, 0.6) is 5.75 Å². The van der Waals surface area contributed by atoms with Crippen LogP contribution in [0.1, 0.15) is 0 Å². The van der Waals surface area contributed by atoms with Crippen LogP contribution in [0.4, 0.5) is 10.3 Å². The Morgan fingerprint density at radius 2 is 2.19 bits per heavy atom. The van der Waals surface area contributed by atoms with Crippen LogP contribution in [-0.4, -0.2) is 16.8 Å². The predicted molar refractivity (Wildman–Crippen MR) is 58.7 cm³/mol. The SMILES string of the molecule is COc1ccc(-c2cn(N)c(N)n2)cc1F. The van der Waals surface area contributed by atoms with Crippen LogP contribution in [0.2, 0.25) is 0 Å². The quantitative estimate of drug-likeness (QED) is 0.743. The van der Waals surface area contributed by atoms with Crippen molar-refractivity contribution in [3.63, 3.8) is 0 Å². The van der Waals surface area contributed by atoms with Crippen molar-refractivity contribution in [2.24, 2.45) is 0 Å². The highest BCUT2D eigenvalue weighted by molar-refractivity contribution is 5.61. The van der Waals surface area contributed by atoms with Crippen molar-refractivity contribution >= 4 is 5.95 Å². The fourth-order valence-electron chi connectivity index (χ4n) is 1.37. The Kier molecular flexibility index (Phi) is 2.40. The summed E-state index contributed by atoms with van der Waals surface area (Å²) < 4.78 is 19.4. The molecule has 0 bridgehead atoms. The number of hydrogen-bond acceptors (Lipinski definition) is 4. The molecule has 2 aromatic rings. The molecule has 0 fully saturated rings. The lowest BCUT2D eigenvalue weighted by molar-refractivity contribution is 0.386. The maximum atomic E-state index is 13.4. The molecule has 16 heavy (non-hydrogen) atoms. The van der Waals surface area contributed by atoms with Gasteiger partial charge < -0.3 is 16.3 Å². The zero-order chi connectivity index (χ0) is 11.7. The fraction of sp³-hybridized carbons (Fsp3) is 0.100. The van der Waals surface area contributed by atoms with E-state index in [1.54, 1.807) is 6.07 Å². The number of nitrogens with two attached hydrogens (primary N) is 2. The molecule has 1 heterocycles. The highest BCUT2D eigenvalue weighted by Gasteiger charge is 2.08. The molecule has 0 aliphatic heterocycles. The van der Waals surface area contributed by atoms with E-state index in [0.717, 1.165) is 0 Å². The highest BCUT2D eigenvalue weighted by atomic mass is 19.1. The second-order valence-electron chi connectivity index (χ2n) is 3.24. The number of methoxy groups -OCH3 is 1. The Balaban J connectivity index is 2.45. The molecule has 0 aliphatic rings. The zero-order valence-electron chi connectivity index (χ0n) is 8.64. The lowest BCUT2D eigenvalue weighted by Crippen LogP contribution is -2.09. The van der Waals surface area contributed by atoms with Crippen LogP contribution in [0.25, 0.3) is 11.3 Å². The van der Waals surface area contributed by atoms with Crippen molar-refractivity contribution in [1.29, 1.82) is 0 Å². The van der Waals surface area contributed by atoms with Gasteiger partial charge in [-0.1, -0.05) is 0 Å². The van der Waals surface area contributed by atoms with E-state index < -0.39 is 5.82 Å². The highest BCUT2D eigenvalue weighted by Crippen LogP contribution is 2.24. The number of halogens is 1. The molecule has 0 unspecified atom stereocenters. The predicted octanol–water partition coefficient (Wildman–Crippen LogP) is 0.994. The third-order valence-corrected chi connectivity index (χ3v) is 2.21. The Morgan fingerprint density at radius 3 is 2.69 bits per heavy atom. The van der Waals surface area contributed by atoms with E-state index in [9.17, 15) is 4.39 Å². The smallest absolute Gasteiger partial charge is 0.219 e. The van der Waals surface area contributed by atoms with E-state index in [1.165, 1.54) is 30.1 Å². The third-order valence-electron chi connectivity index (χ3n) is 2.21. The van der Waals surface area contributed by atoms with Gasteiger partial charge in [0.2, 0.25) is 5.95 Å². The van der Waals surface area contributed by atoms with E-state index in [0.29, 0.717) is 11.3 Å². The lowest BCUT2D eigenvalue weighted by atomic mass is 10.1. The van der Waals surface area contributed by atoms with Gasteiger partial charge in [-0.25, -0.2) is 14.1 Å². The molecule has 6 heteroatoms. The van der Waals surface area contributed by atoms with E-state index in [1.807, 2.05) is 0 Å². The van der Waals surface area contributed by atoms with E-state index >= 15 is 0 Å². The summed E-state index contributed by atoms with van der Waals surface area (Å²) in [6.45, 7) is 0. The van der Waals surface area contributed by atoms with E-state index in [4.69, 9.17) is 16.3 Å². The van der Waals surface area contributed by atoms with Gasteiger partial charge in [-0.05, 0) is 18.2 Å². The van der Waals surface area contributed by atoms with Crippen molar-refractivity contribution in [2.45, 2.75) is 0 Å². The second-order valence-corrected chi connectivity index (χ2v) is 3.24. The zero-order valence-corrected chi connectivity index (χ0v) is 8.64. The van der Waals surface area contributed by atoms with Crippen LogP contribution < -0.4 is 16.3 Å². The molecule has 84 valence electrons. The van der Waals surface area contributed by atoms with Gasteiger partial charge in [0.25, 0.3) is 0 Å². The van der Waals surface area contributed by atoms with Crippen LogP contribution in [0.3, 0.4) is 0 Å². The first-order valence-electron chi connectivity index (χ1n) is 4.55. The van der Waals surface area contributed by atoms with E-state index in [-0.39, 0.29) is 11.7 Å². The maximum Gasteiger partial charge on any atom is 0.219 e. The average molecular weight is 222 g/mol. The van der Waals surface area contributed by atoms with Gasteiger partial charge in [-0.15, -0.1) is 0 Å². The molecule has 5 nitrogen and oxygen atoms in total. The monoisotopic (exact) mass is 222 g/mol. The second kappa shape index (κ2) is 3.73. The molecule has 0 aliphatic carbocycles. The fourth-order valence-corrected chi connectivity index (χ4v) is 1.37. The third kappa shape index (κ3) is 1.65. The Hall–Kier alpha value is -2.24. The Labute approximate surface area is 91.4 Å². The van der Waals surface area contributed by atoms with Crippen LogP contribution in [0.15, 0.2) is 24.4 Å². The van der Waals surface area contributed by atoms with Gasteiger partial charge >= 0.3 is 0 Å². The average Bonchev–Trinajstić information content (AvgIpc) is 2.59. The molecule has 0 saturated heterocycles. The lowest BCUT2D eigenvalue weighted by Gasteiger charge is -2.02. The summed E-state index contributed by atoms with van der Waals surface area (Å²) in [5.74, 6) is 5.39. The number of benzene rings is 1. The number of nitrogens with zero attached hydrogens (tertiary/aromatic N) is 2. The number of hydrogen-bond donors (Lipinski definition) is 2. The summed E-state index contributed by atoms with van der Waals surface area (Å²) >= 11 is 0. The molecule has 0 amide bonds. The van der Waals surface area contributed by atoms with Gasteiger partial charge in [-0.2, -0.15) is 0 Å². The van der Waals surface area contributed by atoms with Crippen molar-refractivity contribution in [1.82, 2.24) is 9.66 Å². The summed E-state index contributed by atoms with van der Waals surface area (Å²) in [7, 11) is 1.41. The minimum atomic E-state index is -0.454. The molecule has 2 rings (SSSR count). The first-order valence-corrected chi connectivity index (χ1v) is 4.55. The van der Waals surface area contributed by atoms with Crippen LogP contribution in [0, 0.1) is 5.82 Å². The summed E-state index contributed by atoms with van der Waals surface area (Å²) in [5.41, 5.74) is 6.59. The van der Waals surface area contributed by atoms with Crippen molar-refractivity contribution in [3.8, 4) is 17.0 Å². The standard InChI is InChI=1S/C10H11FN4O/c1-16-9-3-2-6(4-7(9)11)8-5-15(13)10(12)14-8/h2-5H,13H2,1H3,(H2,12,14). The molecule has 0 spiro atoms. The minimum Gasteiger partial charge on any atom is -0.494 e. The van der Waals surface area contributed by atoms with Crippen LogP contribution in [-0.2, 0) is 0 Å². The van der Waals surface area contributed by atoms with E-state index in [2.05, 4.69) is 4.98 Å². The topological polar surface area (TPSA) is 79.1 Å². The number of aromatic nitrogens is 2. The van der Waals surface area contributed by atoms with Crippen molar-refractivity contribution < 1.29 is 9.13 Å². The Morgan fingerprint density at radius 1 is 1.44 bits per heavy atom. The summed E-state index contributed by atoms with van der Waals surface area (Å²) in [5, 5.41) is 0. The number of imidazole rings is 1. The summed E-state index contributed by atoms with van der Waals surface area (Å²) in [6.07, 6.45) is 1.52. The van der Waals surface area contributed by atoms with Crippen molar-refractivity contribution in [2.75, 3.05) is 18.7 Å². The Bertz CT molecular complexity index is 504. The molecule has 1 aromatic carbocycles. The normalized spacial score (nSPS) is 10.4. The number of nitrogen functional groups attached to an aromatic ring is 2. The van der Waals surface area contributed by atoms with Gasteiger partial charge in [0.05, 0.1) is 19.0 Å². The number of ether oxygens (including phenoxy) is 1. The first kappa shape index (κ1) is 10.3. The maximum absolute atomic E-state index is 13.4. The minimum absolute atomic E-state index is 0.172. The molecule has 0 saturated carbocycles. The number of rotatable bonds is 2. The first-order chi connectivity index (χ1) is 7.61.